The second-order valence-electron chi connectivity index (χ2n) is 6.57. The molecule has 1 atom stereocenters. The smallest absolute Gasteiger partial charge is 0.173 e. The van der Waals surface area contributed by atoms with Gasteiger partial charge in [-0.2, -0.15) is 0 Å². The number of pyridine rings is 1. The van der Waals surface area contributed by atoms with Crippen molar-refractivity contribution in [1.82, 2.24) is 19.9 Å². The van der Waals surface area contributed by atoms with Gasteiger partial charge in [-0.05, 0) is 26.8 Å². The van der Waals surface area contributed by atoms with E-state index < -0.39 is 0 Å². The number of aliphatic hydroxyl groups is 1. The lowest BCUT2D eigenvalue weighted by molar-refractivity contribution is 0.281. The van der Waals surface area contributed by atoms with Crippen molar-refractivity contribution in [3.63, 3.8) is 0 Å². The van der Waals surface area contributed by atoms with Gasteiger partial charge in [0, 0.05) is 24.5 Å². The molecular weight excluding hydrogens is 362 g/mol. The van der Waals surface area contributed by atoms with Gasteiger partial charge in [0.15, 0.2) is 5.82 Å². The van der Waals surface area contributed by atoms with E-state index in [1.807, 2.05) is 12.3 Å². The minimum atomic E-state index is -0.0829. The Morgan fingerprint density at radius 2 is 2.11 bits per heavy atom. The molecule has 0 saturated carbocycles. The third-order valence-electron chi connectivity index (χ3n) is 4.32. The maximum Gasteiger partial charge on any atom is 0.173 e. The van der Waals surface area contributed by atoms with Crippen LogP contribution in [0.4, 0.5) is 23.0 Å². The van der Waals surface area contributed by atoms with Gasteiger partial charge in [-0.1, -0.05) is 0 Å². The van der Waals surface area contributed by atoms with E-state index in [1.165, 1.54) is 11.3 Å². The molecule has 0 spiro atoms. The Balaban J connectivity index is 1.59. The zero-order valence-electron chi connectivity index (χ0n) is 15.3. The Labute approximate surface area is 161 Å². The summed E-state index contributed by atoms with van der Waals surface area (Å²) >= 11 is 1.38. The summed E-state index contributed by atoms with van der Waals surface area (Å²) in [5, 5.41) is 16.5. The predicted octanol–water partition coefficient (Wildman–Crippen LogP) is 3.22. The lowest BCUT2D eigenvalue weighted by atomic mass is 10.2. The normalized spacial score (nSPS) is 15.7. The number of rotatable bonds is 5. The summed E-state index contributed by atoms with van der Waals surface area (Å²) in [6.45, 7) is 6.40. The first kappa shape index (κ1) is 17.6. The quantitative estimate of drug-likeness (QED) is 0.618. The zero-order valence-corrected chi connectivity index (χ0v) is 16.2. The molecule has 4 rings (SSSR count). The first-order chi connectivity index (χ1) is 13.0. The van der Waals surface area contributed by atoms with Crippen LogP contribution in [0, 0.1) is 0 Å². The fourth-order valence-corrected chi connectivity index (χ4v) is 3.95. The van der Waals surface area contributed by atoms with Crippen LogP contribution in [0.25, 0.3) is 10.7 Å². The van der Waals surface area contributed by atoms with Crippen molar-refractivity contribution in [2.75, 3.05) is 15.5 Å². The second-order valence-corrected chi connectivity index (χ2v) is 7.69. The summed E-state index contributed by atoms with van der Waals surface area (Å²) in [6, 6.07) is 4.21. The highest BCUT2D eigenvalue weighted by molar-refractivity contribution is 7.15. The van der Waals surface area contributed by atoms with Crippen molar-refractivity contribution < 1.29 is 5.11 Å². The van der Waals surface area contributed by atoms with Crippen LogP contribution in [-0.4, -0.2) is 37.3 Å². The Kier molecular flexibility index (Phi) is 4.63. The van der Waals surface area contributed by atoms with Gasteiger partial charge >= 0.3 is 0 Å². The monoisotopic (exact) mass is 383 g/mol. The maximum absolute atomic E-state index is 9.18. The van der Waals surface area contributed by atoms with Crippen molar-refractivity contribution in [2.45, 2.75) is 39.6 Å². The third-order valence-corrected chi connectivity index (χ3v) is 5.30. The van der Waals surface area contributed by atoms with Crippen LogP contribution >= 0.6 is 11.3 Å². The van der Waals surface area contributed by atoms with Gasteiger partial charge in [0.2, 0.25) is 0 Å². The molecule has 1 aliphatic rings. The Hall–Kier alpha value is -2.78. The first-order valence-corrected chi connectivity index (χ1v) is 9.57. The molecule has 0 fully saturated rings. The Morgan fingerprint density at radius 3 is 2.85 bits per heavy atom. The highest BCUT2D eigenvalue weighted by Gasteiger charge is 2.28. The molecule has 0 aromatic carbocycles. The molecule has 1 unspecified atom stereocenters. The lowest BCUT2D eigenvalue weighted by Crippen LogP contribution is -2.38. The van der Waals surface area contributed by atoms with Crippen molar-refractivity contribution in [3.8, 4) is 10.7 Å². The van der Waals surface area contributed by atoms with E-state index in [4.69, 9.17) is 0 Å². The minimum Gasteiger partial charge on any atom is -0.389 e. The van der Waals surface area contributed by atoms with Crippen LogP contribution in [0.15, 0.2) is 30.7 Å². The highest BCUT2D eigenvalue weighted by Crippen LogP contribution is 2.37. The molecule has 9 heteroatoms. The number of hydrogen-bond acceptors (Lipinski definition) is 9. The molecule has 27 heavy (non-hydrogen) atoms. The number of fused-ring (bicyclic) bond motifs is 1. The highest BCUT2D eigenvalue weighted by atomic mass is 32.1. The summed E-state index contributed by atoms with van der Waals surface area (Å²) in [6.07, 6.45) is 5.45. The molecule has 3 N–H and O–H groups in total. The number of aliphatic hydroxyl groups excluding tert-OH is 1. The SMILES string of the molecule is CC(C)N1c2cc(Nc3ccnc(-c4cnc(CO)s4)n3)ncc2NC1C. The summed E-state index contributed by atoms with van der Waals surface area (Å²) in [5.41, 5.74) is 2.16. The summed E-state index contributed by atoms with van der Waals surface area (Å²) in [4.78, 5) is 20.6. The fraction of sp³-hybridized carbons (Fsp3) is 0.333. The van der Waals surface area contributed by atoms with E-state index in [9.17, 15) is 5.11 Å². The molecule has 0 amide bonds. The zero-order chi connectivity index (χ0) is 19.0. The molecule has 0 radical (unpaired) electrons. The Bertz CT molecular complexity index is 958. The molecular formula is C18H21N7OS. The van der Waals surface area contributed by atoms with Crippen LogP contribution in [0.5, 0.6) is 0 Å². The lowest BCUT2D eigenvalue weighted by Gasteiger charge is -2.28. The minimum absolute atomic E-state index is 0.0829. The largest absolute Gasteiger partial charge is 0.389 e. The van der Waals surface area contributed by atoms with Gasteiger partial charge in [-0.3, -0.25) is 0 Å². The number of nitrogens with zero attached hydrogens (tertiary/aromatic N) is 5. The van der Waals surface area contributed by atoms with Crippen molar-refractivity contribution in [2.24, 2.45) is 0 Å². The van der Waals surface area contributed by atoms with E-state index in [0.29, 0.717) is 22.7 Å². The topological polar surface area (TPSA) is 99.1 Å². The molecule has 0 saturated heterocycles. The van der Waals surface area contributed by atoms with E-state index in [1.54, 1.807) is 18.5 Å². The molecule has 4 heterocycles. The van der Waals surface area contributed by atoms with E-state index in [0.717, 1.165) is 22.1 Å². The van der Waals surface area contributed by atoms with Crippen molar-refractivity contribution in [1.29, 1.82) is 0 Å². The third kappa shape index (κ3) is 3.43. The first-order valence-electron chi connectivity index (χ1n) is 8.76. The van der Waals surface area contributed by atoms with Gasteiger partial charge in [-0.15, -0.1) is 11.3 Å². The molecule has 8 nitrogen and oxygen atoms in total. The van der Waals surface area contributed by atoms with Gasteiger partial charge < -0.3 is 20.6 Å². The maximum atomic E-state index is 9.18. The molecule has 0 bridgehead atoms. The number of nitrogens with one attached hydrogen (secondary N) is 2. The fourth-order valence-electron chi connectivity index (χ4n) is 3.23. The Morgan fingerprint density at radius 1 is 1.26 bits per heavy atom. The molecule has 0 aliphatic carbocycles. The summed E-state index contributed by atoms with van der Waals surface area (Å²) in [5.74, 6) is 1.94. The van der Waals surface area contributed by atoms with Crippen molar-refractivity contribution in [3.05, 3.63) is 35.7 Å². The van der Waals surface area contributed by atoms with Crippen LogP contribution in [0.1, 0.15) is 25.8 Å². The number of anilines is 4. The van der Waals surface area contributed by atoms with Crippen LogP contribution in [0.3, 0.4) is 0 Å². The van der Waals surface area contributed by atoms with Crippen LogP contribution in [0.2, 0.25) is 0 Å². The van der Waals surface area contributed by atoms with Gasteiger partial charge in [-0.25, -0.2) is 19.9 Å². The van der Waals surface area contributed by atoms with Gasteiger partial charge in [0.25, 0.3) is 0 Å². The average Bonchev–Trinajstić information content (AvgIpc) is 3.25. The molecule has 1 aliphatic heterocycles. The van der Waals surface area contributed by atoms with E-state index in [-0.39, 0.29) is 12.8 Å². The summed E-state index contributed by atoms with van der Waals surface area (Å²) < 4.78 is 0. The standard InChI is InChI=1S/C18H21N7OS/c1-10(2)25-11(3)22-12-7-20-16(6-13(12)25)23-15-4-5-19-18(24-15)14-8-21-17(9-26)27-14/h4-8,10-11,22,26H,9H2,1-3H3,(H,19,20,23,24). The second kappa shape index (κ2) is 7.09. The number of hydrogen-bond donors (Lipinski definition) is 3. The van der Waals surface area contributed by atoms with Crippen LogP contribution < -0.4 is 15.5 Å². The summed E-state index contributed by atoms with van der Waals surface area (Å²) in [7, 11) is 0. The molecule has 3 aromatic rings. The molecule has 140 valence electrons. The van der Waals surface area contributed by atoms with Crippen molar-refractivity contribution >= 4 is 34.3 Å². The van der Waals surface area contributed by atoms with Gasteiger partial charge in [0.05, 0.1) is 35.2 Å². The van der Waals surface area contributed by atoms with Crippen LogP contribution in [-0.2, 0) is 6.61 Å². The van der Waals surface area contributed by atoms with Gasteiger partial charge in [0.1, 0.15) is 16.6 Å². The average molecular weight is 383 g/mol. The number of thiazole rings is 1. The van der Waals surface area contributed by atoms with E-state index in [2.05, 4.69) is 56.2 Å². The predicted molar refractivity (Wildman–Crippen MR) is 107 cm³/mol. The molecule has 3 aromatic heterocycles. The van der Waals surface area contributed by atoms with E-state index >= 15 is 0 Å². The number of aromatic nitrogens is 4.